The van der Waals surface area contributed by atoms with Crippen LogP contribution >= 0.6 is 11.3 Å². The molecule has 1 aromatic rings. The van der Waals surface area contributed by atoms with Gasteiger partial charge in [-0.05, 0) is 29.7 Å². The van der Waals surface area contributed by atoms with Crippen LogP contribution in [-0.2, 0) is 4.79 Å². The molecular formula is C13H20N2OS. The van der Waals surface area contributed by atoms with Crippen molar-refractivity contribution in [2.75, 3.05) is 13.1 Å². The van der Waals surface area contributed by atoms with E-state index in [-0.39, 0.29) is 5.91 Å². The van der Waals surface area contributed by atoms with E-state index in [0.29, 0.717) is 11.8 Å². The molecule has 1 saturated heterocycles. The number of carbonyl (C=O) groups excluding carboxylic acids is 1. The van der Waals surface area contributed by atoms with Crippen molar-refractivity contribution in [3.8, 4) is 0 Å². The number of hydrogen-bond acceptors (Lipinski definition) is 3. The molecule has 0 aromatic carbocycles. The average molecular weight is 252 g/mol. The highest BCUT2D eigenvalue weighted by molar-refractivity contribution is 7.10. The Bertz CT molecular complexity index is 367. The van der Waals surface area contributed by atoms with E-state index >= 15 is 0 Å². The summed E-state index contributed by atoms with van der Waals surface area (Å²) in [7, 11) is 0. The Kier molecular flexibility index (Phi) is 3.84. The van der Waals surface area contributed by atoms with Crippen molar-refractivity contribution in [1.29, 1.82) is 0 Å². The summed E-state index contributed by atoms with van der Waals surface area (Å²) in [4.78, 5) is 15.2. The minimum absolute atomic E-state index is 0.0749. The van der Waals surface area contributed by atoms with Crippen LogP contribution in [0.1, 0.15) is 31.2 Å². The van der Waals surface area contributed by atoms with Crippen LogP contribution in [0.2, 0.25) is 0 Å². The first-order chi connectivity index (χ1) is 8.08. The molecule has 0 saturated carbocycles. The molecule has 0 radical (unpaired) electrons. The standard InChI is InChI=1S/C13H20N2OS/c1-9-6-10(2)8-15(7-9)13(16)12(14)11-4-3-5-17-11/h3-5,9-10,12H,6-8,14H2,1-2H3. The number of nitrogens with zero attached hydrogens (tertiary/aromatic N) is 1. The summed E-state index contributed by atoms with van der Waals surface area (Å²) in [5.41, 5.74) is 6.02. The molecule has 3 unspecified atom stereocenters. The molecule has 1 aromatic heterocycles. The third kappa shape index (κ3) is 2.87. The molecule has 94 valence electrons. The van der Waals surface area contributed by atoms with Gasteiger partial charge < -0.3 is 10.6 Å². The summed E-state index contributed by atoms with van der Waals surface area (Å²) in [5.74, 6) is 1.24. The lowest BCUT2D eigenvalue weighted by Crippen LogP contribution is -2.46. The summed E-state index contributed by atoms with van der Waals surface area (Å²) in [6, 6.07) is 3.39. The minimum Gasteiger partial charge on any atom is -0.340 e. The lowest BCUT2D eigenvalue weighted by molar-refractivity contribution is -0.135. The number of piperidine rings is 1. The van der Waals surface area contributed by atoms with Gasteiger partial charge in [-0.1, -0.05) is 19.9 Å². The normalized spacial score (nSPS) is 26.9. The maximum Gasteiger partial charge on any atom is 0.244 e. The van der Waals surface area contributed by atoms with Crippen LogP contribution < -0.4 is 5.73 Å². The lowest BCUT2D eigenvalue weighted by atomic mass is 9.91. The second-order valence-corrected chi connectivity index (χ2v) is 6.16. The number of hydrogen-bond donors (Lipinski definition) is 1. The van der Waals surface area contributed by atoms with Gasteiger partial charge in [-0.25, -0.2) is 0 Å². The maximum atomic E-state index is 12.3. The van der Waals surface area contributed by atoms with E-state index in [1.54, 1.807) is 11.3 Å². The zero-order valence-electron chi connectivity index (χ0n) is 10.4. The maximum absolute atomic E-state index is 12.3. The van der Waals surface area contributed by atoms with Gasteiger partial charge in [0.15, 0.2) is 0 Å². The minimum atomic E-state index is -0.479. The average Bonchev–Trinajstić information content (AvgIpc) is 2.79. The fraction of sp³-hybridized carbons (Fsp3) is 0.615. The molecule has 2 N–H and O–H groups in total. The molecule has 0 spiro atoms. The van der Waals surface area contributed by atoms with Crippen LogP contribution in [0.15, 0.2) is 17.5 Å². The second-order valence-electron chi connectivity index (χ2n) is 5.18. The molecule has 0 aliphatic carbocycles. The Morgan fingerprint density at radius 1 is 1.47 bits per heavy atom. The van der Waals surface area contributed by atoms with Crippen molar-refractivity contribution >= 4 is 17.2 Å². The van der Waals surface area contributed by atoms with Crippen LogP contribution in [0, 0.1) is 11.8 Å². The van der Waals surface area contributed by atoms with Gasteiger partial charge in [-0.15, -0.1) is 11.3 Å². The van der Waals surface area contributed by atoms with E-state index in [1.807, 2.05) is 22.4 Å². The van der Waals surface area contributed by atoms with Crippen LogP contribution in [0.4, 0.5) is 0 Å². The monoisotopic (exact) mass is 252 g/mol. The predicted molar refractivity (Wildman–Crippen MR) is 70.8 cm³/mol. The molecule has 4 heteroatoms. The van der Waals surface area contributed by atoms with Gasteiger partial charge in [-0.3, -0.25) is 4.79 Å². The zero-order valence-corrected chi connectivity index (χ0v) is 11.2. The highest BCUT2D eigenvalue weighted by Gasteiger charge is 2.29. The van der Waals surface area contributed by atoms with E-state index in [2.05, 4.69) is 13.8 Å². The van der Waals surface area contributed by atoms with Crippen molar-refractivity contribution < 1.29 is 4.79 Å². The topological polar surface area (TPSA) is 46.3 Å². The summed E-state index contributed by atoms with van der Waals surface area (Å²) in [6.45, 7) is 6.10. The second kappa shape index (κ2) is 5.19. The first-order valence-corrected chi connectivity index (χ1v) is 7.03. The van der Waals surface area contributed by atoms with Crippen molar-refractivity contribution in [2.24, 2.45) is 17.6 Å². The van der Waals surface area contributed by atoms with Crippen molar-refractivity contribution in [2.45, 2.75) is 26.3 Å². The smallest absolute Gasteiger partial charge is 0.244 e. The summed E-state index contributed by atoms with van der Waals surface area (Å²) < 4.78 is 0. The molecule has 2 rings (SSSR count). The van der Waals surface area contributed by atoms with E-state index in [0.717, 1.165) is 18.0 Å². The van der Waals surface area contributed by atoms with Gasteiger partial charge in [0.1, 0.15) is 6.04 Å². The fourth-order valence-electron chi connectivity index (χ4n) is 2.63. The van der Waals surface area contributed by atoms with Gasteiger partial charge in [0, 0.05) is 18.0 Å². The Hall–Kier alpha value is -0.870. The van der Waals surface area contributed by atoms with Crippen molar-refractivity contribution in [1.82, 2.24) is 4.90 Å². The van der Waals surface area contributed by atoms with Gasteiger partial charge in [0.05, 0.1) is 0 Å². The summed E-state index contributed by atoms with van der Waals surface area (Å²) >= 11 is 1.55. The van der Waals surface area contributed by atoms with Gasteiger partial charge in [-0.2, -0.15) is 0 Å². The Morgan fingerprint density at radius 2 is 2.12 bits per heavy atom. The van der Waals surface area contributed by atoms with Crippen LogP contribution in [0.5, 0.6) is 0 Å². The molecule has 2 heterocycles. The molecule has 3 nitrogen and oxygen atoms in total. The number of rotatable bonds is 2. The first-order valence-electron chi connectivity index (χ1n) is 6.15. The highest BCUT2D eigenvalue weighted by atomic mass is 32.1. The molecule has 1 amide bonds. The van der Waals surface area contributed by atoms with Gasteiger partial charge in [0.25, 0.3) is 0 Å². The fourth-order valence-corrected chi connectivity index (χ4v) is 3.35. The van der Waals surface area contributed by atoms with Crippen LogP contribution in [-0.4, -0.2) is 23.9 Å². The number of likely N-dealkylation sites (tertiary alicyclic amines) is 1. The third-order valence-corrected chi connectivity index (χ3v) is 4.25. The van der Waals surface area contributed by atoms with Crippen LogP contribution in [0.25, 0.3) is 0 Å². The number of thiophene rings is 1. The number of amides is 1. The zero-order chi connectivity index (χ0) is 12.4. The molecule has 17 heavy (non-hydrogen) atoms. The Morgan fingerprint density at radius 3 is 2.65 bits per heavy atom. The van der Waals surface area contributed by atoms with Crippen molar-refractivity contribution in [3.63, 3.8) is 0 Å². The molecule has 1 aliphatic heterocycles. The molecule has 1 fully saturated rings. The predicted octanol–water partition coefficient (Wildman–Crippen LogP) is 2.25. The summed E-state index contributed by atoms with van der Waals surface area (Å²) in [5, 5.41) is 1.96. The summed E-state index contributed by atoms with van der Waals surface area (Å²) in [6.07, 6.45) is 1.21. The molecule has 3 atom stereocenters. The van der Waals surface area contributed by atoms with E-state index in [9.17, 15) is 4.79 Å². The lowest BCUT2D eigenvalue weighted by Gasteiger charge is -2.36. The molecule has 1 aliphatic rings. The Balaban J connectivity index is 2.04. The molecule has 0 bridgehead atoms. The van der Waals surface area contributed by atoms with E-state index < -0.39 is 6.04 Å². The number of nitrogens with two attached hydrogens (primary N) is 1. The number of carbonyl (C=O) groups is 1. The van der Waals surface area contributed by atoms with Gasteiger partial charge in [0.2, 0.25) is 5.91 Å². The van der Waals surface area contributed by atoms with E-state index in [1.165, 1.54) is 6.42 Å². The Labute approximate surface area is 107 Å². The van der Waals surface area contributed by atoms with Crippen molar-refractivity contribution in [3.05, 3.63) is 22.4 Å². The quantitative estimate of drug-likeness (QED) is 0.877. The largest absolute Gasteiger partial charge is 0.340 e. The molecular weight excluding hydrogens is 232 g/mol. The van der Waals surface area contributed by atoms with Gasteiger partial charge >= 0.3 is 0 Å². The van der Waals surface area contributed by atoms with Crippen LogP contribution in [0.3, 0.4) is 0 Å². The third-order valence-electron chi connectivity index (χ3n) is 3.30. The SMILES string of the molecule is CC1CC(C)CN(C(=O)C(N)c2cccs2)C1. The highest BCUT2D eigenvalue weighted by Crippen LogP contribution is 2.25. The first kappa shape index (κ1) is 12.6. The van der Waals surface area contributed by atoms with E-state index in [4.69, 9.17) is 5.73 Å².